The Morgan fingerprint density at radius 2 is 2.10 bits per heavy atom. The van der Waals surface area contributed by atoms with E-state index in [4.69, 9.17) is 9.26 Å². The van der Waals surface area contributed by atoms with Gasteiger partial charge in [0.2, 0.25) is 5.89 Å². The summed E-state index contributed by atoms with van der Waals surface area (Å²) >= 11 is 0. The molecule has 0 spiro atoms. The van der Waals surface area contributed by atoms with Gasteiger partial charge in [0.25, 0.3) is 0 Å². The molecule has 1 saturated heterocycles. The quantitative estimate of drug-likeness (QED) is 0.647. The van der Waals surface area contributed by atoms with Crippen LogP contribution in [-0.4, -0.2) is 35.3 Å². The van der Waals surface area contributed by atoms with Crippen LogP contribution >= 0.6 is 0 Å². The first-order valence-corrected chi connectivity index (χ1v) is 10.0. The van der Waals surface area contributed by atoms with Crippen molar-refractivity contribution in [3.8, 4) is 11.8 Å². The van der Waals surface area contributed by atoms with Gasteiger partial charge in [-0.2, -0.15) is 10.2 Å². The third kappa shape index (κ3) is 3.88. The number of benzene rings is 1. The van der Waals surface area contributed by atoms with E-state index in [0.717, 1.165) is 66.4 Å². The zero-order valence-corrected chi connectivity index (χ0v) is 17.1. The van der Waals surface area contributed by atoms with Crippen molar-refractivity contribution in [1.82, 2.24) is 15.1 Å². The summed E-state index contributed by atoms with van der Waals surface area (Å²) in [6.45, 7) is 5.88. The van der Waals surface area contributed by atoms with Gasteiger partial charge in [0.15, 0.2) is 5.82 Å². The highest BCUT2D eigenvalue weighted by molar-refractivity contribution is 5.95. The van der Waals surface area contributed by atoms with Crippen LogP contribution in [0.5, 0.6) is 5.75 Å². The monoisotopic (exact) mass is 391 g/mol. The molecule has 4 rings (SSSR count). The Labute approximate surface area is 170 Å². The maximum Gasteiger partial charge on any atom is 0.226 e. The fourth-order valence-electron chi connectivity index (χ4n) is 3.90. The van der Waals surface area contributed by atoms with Crippen molar-refractivity contribution in [2.75, 3.05) is 25.1 Å². The van der Waals surface area contributed by atoms with Crippen LogP contribution < -0.4 is 9.64 Å². The molecular formula is C22H25N5O2. The fourth-order valence-corrected chi connectivity index (χ4v) is 3.90. The van der Waals surface area contributed by atoms with Gasteiger partial charge in [-0.05, 0) is 37.0 Å². The molecule has 0 N–H and O–H groups in total. The predicted molar refractivity (Wildman–Crippen MR) is 110 cm³/mol. The van der Waals surface area contributed by atoms with Gasteiger partial charge in [-0.3, -0.25) is 4.98 Å². The number of nitriles is 1. The molecular weight excluding hydrogens is 366 g/mol. The minimum absolute atomic E-state index is 0.274. The Morgan fingerprint density at radius 3 is 2.76 bits per heavy atom. The lowest BCUT2D eigenvalue weighted by Gasteiger charge is -2.34. The van der Waals surface area contributed by atoms with Crippen molar-refractivity contribution in [2.45, 2.75) is 39.0 Å². The lowest BCUT2D eigenvalue weighted by Crippen LogP contribution is -2.35. The molecule has 1 fully saturated rings. The summed E-state index contributed by atoms with van der Waals surface area (Å²) in [6.07, 6.45) is 4.50. The van der Waals surface area contributed by atoms with Crippen molar-refractivity contribution >= 4 is 16.6 Å². The molecule has 1 aliphatic rings. The van der Waals surface area contributed by atoms with Gasteiger partial charge in [0.1, 0.15) is 11.8 Å². The maximum absolute atomic E-state index is 9.65. The molecule has 0 unspecified atom stereocenters. The number of fused-ring (bicyclic) bond motifs is 1. The number of nitrogens with zero attached hydrogens (tertiary/aromatic N) is 5. The summed E-state index contributed by atoms with van der Waals surface area (Å²) in [5.41, 5.74) is 2.42. The second kappa shape index (κ2) is 8.08. The molecule has 0 saturated carbocycles. The first-order valence-electron chi connectivity index (χ1n) is 10.0. The predicted octanol–water partition coefficient (Wildman–Crippen LogP) is 4.08. The summed E-state index contributed by atoms with van der Waals surface area (Å²) < 4.78 is 10.8. The van der Waals surface area contributed by atoms with Gasteiger partial charge >= 0.3 is 0 Å². The number of aromatic nitrogens is 3. The van der Waals surface area contributed by atoms with Gasteiger partial charge in [0, 0.05) is 37.0 Å². The third-order valence-corrected chi connectivity index (χ3v) is 5.56. The Kier molecular flexibility index (Phi) is 5.34. The van der Waals surface area contributed by atoms with Crippen LogP contribution in [0.2, 0.25) is 0 Å². The number of hydrogen-bond acceptors (Lipinski definition) is 7. The van der Waals surface area contributed by atoms with E-state index in [2.05, 4.69) is 39.9 Å². The van der Waals surface area contributed by atoms with Gasteiger partial charge in [-0.25, -0.2) is 0 Å². The van der Waals surface area contributed by atoms with E-state index in [1.807, 2.05) is 18.2 Å². The Morgan fingerprint density at radius 1 is 1.31 bits per heavy atom. The van der Waals surface area contributed by atoms with E-state index < -0.39 is 0 Å². The van der Waals surface area contributed by atoms with Gasteiger partial charge in [0.05, 0.1) is 23.9 Å². The molecule has 1 aliphatic heterocycles. The second-order valence-electron chi connectivity index (χ2n) is 7.85. The van der Waals surface area contributed by atoms with Crippen molar-refractivity contribution in [1.29, 1.82) is 5.26 Å². The Balaban J connectivity index is 1.53. The SMILES string of the molecule is COc1ccc2ncc(C#N)c(N3CCC(Cc4nc(C(C)C)no4)CC3)c2c1. The molecule has 1 aromatic carbocycles. The molecule has 0 aliphatic carbocycles. The van der Waals surface area contributed by atoms with Crippen molar-refractivity contribution in [2.24, 2.45) is 5.92 Å². The first kappa shape index (κ1) is 19.2. The lowest BCUT2D eigenvalue weighted by molar-refractivity contribution is 0.322. The number of piperidine rings is 1. The molecule has 0 atom stereocenters. The molecule has 7 heteroatoms. The Hall–Kier alpha value is -3.14. The molecule has 7 nitrogen and oxygen atoms in total. The number of methoxy groups -OCH3 is 1. The number of rotatable bonds is 5. The molecule has 3 heterocycles. The van der Waals surface area contributed by atoms with E-state index >= 15 is 0 Å². The molecule has 150 valence electrons. The standard InChI is InChI=1S/C22H25N5O2/c1-14(2)22-25-20(29-26-22)10-15-6-8-27(9-7-15)21-16(12-23)13-24-19-5-4-17(28-3)11-18(19)21/h4-5,11,13-15H,6-10H2,1-3H3. The minimum atomic E-state index is 0.274. The van der Waals surface area contributed by atoms with E-state index in [1.165, 1.54) is 0 Å². The smallest absolute Gasteiger partial charge is 0.226 e. The van der Waals surface area contributed by atoms with Crippen LogP contribution in [0.3, 0.4) is 0 Å². The van der Waals surface area contributed by atoms with Crippen LogP contribution in [-0.2, 0) is 6.42 Å². The van der Waals surface area contributed by atoms with Gasteiger partial charge in [-0.1, -0.05) is 19.0 Å². The summed E-state index contributed by atoms with van der Waals surface area (Å²) in [6, 6.07) is 8.11. The fraction of sp³-hybridized carbons (Fsp3) is 0.455. The van der Waals surface area contributed by atoms with E-state index in [9.17, 15) is 5.26 Å². The Bertz CT molecular complexity index is 1050. The molecule has 0 amide bonds. The summed E-state index contributed by atoms with van der Waals surface area (Å²) in [5, 5.41) is 14.7. The number of hydrogen-bond donors (Lipinski definition) is 0. The van der Waals surface area contributed by atoms with Crippen LogP contribution in [0.15, 0.2) is 28.9 Å². The largest absolute Gasteiger partial charge is 0.497 e. The first-order chi connectivity index (χ1) is 14.1. The highest BCUT2D eigenvalue weighted by Crippen LogP contribution is 2.34. The van der Waals surface area contributed by atoms with Crippen molar-refractivity contribution in [3.63, 3.8) is 0 Å². The third-order valence-electron chi connectivity index (χ3n) is 5.56. The number of ether oxygens (including phenoxy) is 1. The molecule has 0 bridgehead atoms. The van der Waals surface area contributed by atoms with Crippen LogP contribution in [0.4, 0.5) is 5.69 Å². The van der Waals surface area contributed by atoms with Crippen LogP contribution in [0, 0.1) is 17.2 Å². The topological polar surface area (TPSA) is 88.1 Å². The number of pyridine rings is 1. The summed E-state index contributed by atoms with van der Waals surface area (Å²) in [4.78, 5) is 11.2. The van der Waals surface area contributed by atoms with Crippen LogP contribution in [0.25, 0.3) is 10.9 Å². The highest BCUT2D eigenvalue weighted by atomic mass is 16.5. The molecule has 0 radical (unpaired) electrons. The zero-order valence-electron chi connectivity index (χ0n) is 17.1. The minimum Gasteiger partial charge on any atom is -0.497 e. The zero-order chi connectivity index (χ0) is 20.4. The highest BCUT2D eigenvalue weighted by Gasteiger charge is 2.25. The molecule has 3 aromatic rings. The van der Waals surface area contributed by atoms with Gasteiger partial charge in [-0.15, -0.1) is 0 Å². The second-order valence-corrected chi connectivity index (χ2v) is 7.85. The summed E-state index contributed by atoms with van der Waals surface area (Å²) in [7, 11) is 1.65. The average molecular weight is 391 g/mol. The molecule has 2 aromatic heterocycles. The lowest BCUT2D eigenvalue weighted by atomic mass is 9.92. The van der Waals surface area contributed by atoms with Crippen molar-refractivity contribution < 1.29 is 9.26 Å². The average Bonchev–Trinajstić information content (AvgIpc) is 3.22. The summed E-state index contributed by atoms with van der Waals surface area (Å²) in [5.74, 6) is 3.04. The van der Waals surface area contributed by atoms with E-state index in [0.29, 0.717) is 11.5 Å². The van der Waals surface area contributed by atoms with E-state index in [-0.39, 0.29) is 5.92 Å². The van der Waals surface area contributed by atoms with Crippen molar-refractivity contribution in [3.05, 3.63) is 41.7 Å². The normalized spacial score (nSPS) is 15.1. The van der Waals surface area contributed by atoms with Gasteiger partial charge < -0.3 is 14.2 Å². The maximum atomic E-state index is 9.65. The van der Waals surface area contributed by atoms with E-state index in [1.54, 1.807) is 13.3 Å². The number of anilines is 1. The van der Waals surface area contributed by atoms with Crippen LogP contribution in [0.1, 0.15) is 49.9 Å². The molecule has 29 heavy (non-hydrogen) atoms.